The first kappa shape index (κ1) is 14.1. The molecule has 1 fully saturated rings. The third-order valence-corrected chi connectivity index (χ3v) is 4.36. The van der Waals surface area contributed by atoms with Gasteiger partial charge in [-0.25, -0.2) is 8.78 Å². The fourth-order valence-corrected chi connectivity index (χ4v) is 3.31. The molecule has 1 atom stereocenters. The molecule has 1 saturated heterocycles. The van der Waals surface area contributed by atoms with E-state index in [1.54, 1.807) is 0 Å². The number of hydrogen-bond donors (Lipinski definition) is 2. The molecule has 0 aliphatic carbocycles. The summed E-state index contributed by atoms with van der Waals surface area (Å²) in [6, 6.07) is 2.10. The van der Waals surface area contributed by atoms with Crippen molar-refractivity contribution in [1.29, 1.82) is 0 Å². The molecule has 1 amide bonds. The minimum atomic E-state index is -0.760. The number of thioether (sulfide) groups is 1. The van der Waals surface area contributed by atoms with Crippen LogP contribution in [-0.4, -0.2) is 31.0 Å². The van der Waals surface area contributed by atoms with Gasteiger partial charge in [-0.05, 0) is 36.0 Å². The Morgan fingerprint density at radius 1 is 1.42 bits per heavy atom. The molecule has 2 N–H and O–H groups in total. The zero-order chi connectivity index (χ0) is 13.8. The predicted molar refractivity (Wildman–Crippen MR) is 73.7 cm³/mol. The van der Waals surface area contributed by atoms with Gasteiger partial charge in [0.05, 0.1) is 0 Å². The maximum atomic E-state index is 13.5. The van der Waals surface area contributed by atoms with Crippen molar-refractivity contribution in [2.45, 2.75) is 6.42 Å². The molecular weight excluding hydrogens is 270 g/mol. The van der Waals surface area contributed by atoms with Crippen molar-refractivity contribution in [3.05, 3.63) is 29.3 Å². The Morgan fingerprint density at radius 3 is 2.63 bits per heavy atom. The van der Waals surface area contributed by atoms with Crippen molar-refractivity contribution < 1.29 is 13.6 Å². The van der Waals surface area contributed by atoms with Gasteiger partial charge in [-0.15, -0.1) is 0 Å². The molecule has 0 bridgehead atoms. The van der Waals surface area contributed by atoms with Crippen LogP contribution in [0.15, 0.2) is 12.1 Å². The SMILES string of the molecule is CNc1c(F)cc(C(=O)NCC2CCSC2)cc1F. The summed E-state index contributed by atoms with van der Waals surface area (Å²) in [4.78, 5) is 11.8. The normalized spacial score (nSPS) is 18.4. The number of carbonyl (C=O) groups excluding carboxylic acids is 1. The van der Waals surface area contributed by atoms with E-state index in [1.807, 2.05) is 11.8 Å². The molecule has 0 radical (unpaired) electrons. The van der Waals surface area contributed by atoms with Gasteiger partial charge in [0.2, 0.25) is 0 Å². The smallest absolute Gasteiger partial charge is 0.251 e. The molecule has 1 unspecified atom stereocenters. The highest BCUT2D eigenvalue weighted by atomic mass is 32.2. The number of amides is 1. The lowest BCUT2D eigenvalue weighted by atomic mass is 10.1. The summed E-state index contributed by atoms with van der Waals surface area (Å²) < 4.78 is 27.1. The van der Waals surface area contributed by atoms with Crippen LogP contribution in [0.1, 0.15) is 16.8 Å². The van der Waals surface area contributed by atoms with E-state index >= 15 is 0 Å². The Balaban J connectivity index is 2.02. The van der Waals surface area contributed by atoms with Crippen molar-refractivity contribution in [2.75, 3.05) is 30.4 Å². The summed E-state index contributed by atoms with van der Waals surface area (Å²) in [6.45, 7) is 0.558. The molecule has 0 spiro atoms. The fraction of sp³-hybridized carbons (Fsp3) is 0.462. The Morgan fingerprint density at radius 2 is 2.11 bits per heavy atom. The summed E-state index contributed by atoms with van der Waals surface area (Å²) in [5.74, 6) is 0.647. The number of halogens is 2. The summed E-state index contributed by atoms with van der Waals surface area (Å²) in [5, 5.41) is 5.15. The van der Waals surface area contributed by atoms with Crippen molar-refractivity contribution in [3.63, 3.8) is 0 Å². The number of hydrogen-bond acceptors (Lipinski definition) is 3. The monoisotopic (exact) mass is 286 g/mol. The first-order valence-corrected chi connectivity index (χ1v) is 7.30. The third kappa shape index (κ3) is 3.37. The van der Waals surface area contributed by atoms with Gasteiger partial charge in [-0.3, -0.25) is 4.79 Å². The van der Waals surface area contributed by atoms with Gasteiger partial charge in [-0.1, -0.05) is 0 Å². The van der Waals surface area contributed by atoms with E-state index in [0.717, 1.165) is 30.1 Å². The number of anilines is 1. The van der Waals surface area contributed by atoms with Crippen molar-refractivity contribution in [2.24, 2.45) is 5.92 Å². The van der Waals surface area contributed by atoms with Gasteiger partial charge >= 0.3 is 0 Å². The van der Waals surface area contributed by atoms with Gasteiger partial charge in [0.25, 0.3) is 5.91 Å². The van der Waals surface area contributed by atoms with E-state index in [0.29, 0.717) is 12.5 Å². The maximum Gasteiger partial charge on any atom is 0.251 e. The molecule has 1 aliphatic rings. The van der Waals surface area contributed by atoms with E-state index in [9.17, 15) is 13.6 Å². The van der Waals surface area contributed by atoms with Gasteiger partial charge in [0.15, 0.2) is 0 Å². The highest BCUT2D eigenvalue weighted by Crippen LogP contribution is 2.23. The maximum absolute atomic E-state index is 13.5. The Labute approximate surface area is 115 Å². The molecule has 1 heterocycles. The van der Waals surface area contributed by atoms with Crippen LogP contribution < -0.4 is 10.6 Å². The topological polar surface area (TPSA) is 41.1 Å². The number of carbonyl (C=O) groups is 1. The number of benzene rings is 1. The highest BCUT2D eigenvalue weighted by Gasteiger charge is 2.18. The molecule has 6 heteroatoms. The average Bonchev–Trinajstić information content (AvgIpc) is 2.88. The fourth-order valence-electron chi connectivity index (χ4n) is 2.03. The van der Waals surface area contributed by atoms with Crippen LogP contribution in [0.3, 0.4) is 0 Å². The van der Waals surface area contributed by atoms with E-state index in [2.05, 4.69) is 10.6 Å². The highest BCUT2D eigenvalue weighted by molar-refractivity contribution is 7.99. The molecule has 1 aliphatic heterocycles. The molecule has 104 valence electrons. The van der Waals surface area contributed by atoms with Gasteiger partial charge in [0.1, 0.15) is 17.3 Å². The van der Waals surface area contributed by atoms with E-state index in [4.69, 9.17) is 0 Å². The minimum Gasteiger partial charge on any atom is -0.383 e. The zero-order valence-corrected chi connectivity index (χ0v) is 11.4. The Kier molecular flexibility index (Phi) is 4.63. The first-order valence-electron chi connectivity index (χ1n) is 6.14. The van der Waals surface area contributed by atoms with Crippen molar-refractivity contribution in [1.82, 2.24) is 5.32 Å². The lowest BCUT2D eigenvalue weighted by Gasteiger charge is -2.11. The third-order valence-electron chi connectivity index (χ3n) is 3.13. The lowest BCUT2D eigenvalue weighted by Crippen LogP contribution is -2.29. The summed E-state index contributed by atoms with van der Waals surface area (Å²) in [5.41, 5.74) is -0.205. The Bertz CT molecular complexity index is 453. The van der Waals surface area contributed by atoms with Crippen LogP contribution in [0.5, 0.6) is 0 Å². The minimum absolute atomic E-state index is 0.0136. The van der Waals surface area contributed by atoms with Crippen LogP contribution in [0.25, 0.3) is 0 Å². The quantitative estimate of drug-likeness (QED) is 0.893. The standard InChI is InChI=1S/C13H16F2N2OS/c1-16-12-10(14)4-9(5-11(12)15)13(18)17-6-8-2-3-19-7-8/h4-5,8,16H,2-3,6-7H2,1H3,(H,17,18). The molecule has 1 aromatic rings. The molecule has 0 saturated carbocycles. The second-order valence-electron chi connectivity index (χ2n) is 4.50. The summed E-state index contributed by atoms with van der Waals surface area (Å²) in [6.07, 6.45) is 1.08. The number of rotatable bonds is 4. The van der Waals surface area contributed by atoms with Crippen molar-refractivity contribution >= 4 is 23.4 Å². The van der Waals surface area contributed by atoms with Gasteiger partial charge in [0, 0.05) is 19.2 Å². The first-order chi connectivity index (χ1) is 9.11. The van der Waals surface area contributed by atoms with Crippen LogP contribution in [0.2, 0.25) is 0 Å². The van der Waals surface area contributed by atoms with Crippen LogP contribution >= 0.6 is 11.8 Å². The molecule has 2 rings (SSSR count). The van der Waals surface area contributed by atoms with Crippen LogP contribution in [-0.2, 0) is 0 Å². The average molecular weight is 286 g/mol. The zero-order valence-electron chi connectivity index (χ0n) is 10.6. The van der Waals surface area contributed by atoms with Gasteiger partial charge < -0.3 is 10.6 Å². The molecule has 0 aromatic heterocycles. The summed E-state index contributed by atoms with van der Waals surface area (Å²) in [7, 11) is 1.43. The lowest BCUT2D eigenvalue weighted by molar-refractivity contribution is 0.0947. The Hall–Kier alpha value is -1.30. The molecule has 1 aromatic carbocycles. The van der Waals surface area contributed by atoms with Crippen LogP contribution in [0, 0.1) is 17.6 Å². The second kappa shape index (κ2) is 6.23. The van der Waals surface area contributed by atoms with Gasteiger partial charge in [-0.2, -0.15) is 11.8 Å². The van der Waals surface area contributed by atoms with Crippen LogP contribution in [0.4, 0.5) is 14.5 Å². The second-order valence-corrected chi connectivity index (χ2v) is 5.65. The van der Waals surface area contributed by atoms with Crippen molar-refractivity contribution in [3.8, 4) is 0 Å². The molecule has 3 nitrogen and oxygen atoms in total. The largest absolute Gasteiger partial charge is 0.383 e. The number of nitrogens with one attached hydrogen (secondary N) is 2. The molecular formula is C13H16F2N2OS. The van der Waals surface area contributed by atoms with E-state index in [-0.39, 0.29) is 11.3 Å². The van der Waals surface area contributed by atoms with E-state index < -0.39 is 17.5 Å². The molecule has 19 heavy (non-hydrogen) atoms. The summed E-state index contributed by atoms with van der Waals surface area (Å²) >= 11 is 1.86. The predicted octanol–water partition coefficient (Wildman–Crippen LogP) is 2.49. The van der Waals surface area contributed by atoms with E-state index in [1.165, 1.54) is 7.05 Å².